The molecule has 15 heavy (non-hydrogen) atoms. The van der Waals surface area contributed by atoms with Gasteiger partial charge in [0, 0.05) is 18.2 Å². The highest BCUT2D eigenvalue weighted by Gasteiger charge is 2.05. The van der Waals surface area contributed by atoms with Crippen LogP contribution in [0, 0.1) is 0 Å². The number of aliphatic hydroxyl groups excluding tert-OH is 1. The number of aromatic hydroxyl groups is 1. The minimum atomic E-state index is 0.00982. The molecule has 0 fully saturated rings. The molecule has 1 aromatic carbocycles. The van der Waals surface area contributed by atoms with Crippen molar-refractivity contribution < 1.29 is 14.9 Å². The van der Waals surface area contributed by atoms with Gasteiger partial charge in [-0.05, 0) is 25.1 Å². The molecule has 0 aliphatic carbocycles. The van der Waals surface area contributed by atoms with Crippen molar-refractivity contribution in [3.05, 3.63) is 23.8 Å². The van der Waals surface area contributed by atoms with Crippen molar-refractivity contribution in [2.45, 2.75) is 19.5 Å². The molecule has 0 aliphatic rings. The van der Waals surface area contributed by atoms with Crippen molar-refractivity contribution >= 4 is 0 Å². The van der Waals surface area contributed by atoms with Gasteiger partial charge in [0.25, 0.3) is 0 Å². The number of hydrogen-bond donors (Lipinski definition) is 3. The van der Waals surface area contributed by atoms with Gasteiger partial charge in [-0.25, -0.2) is 0 Å². The number of benzene rings is 1. The van der Waals surface area contributed by atoms with Crippen LogP contribution in [0.4, 0.5) is 0 Å². The van der Waals surface area contributed by atoms with Gasteiger partial charge in [0.15, 0.2) is 0 Å². The summed E-state index contributed by atoms with van der Waals surface area (Å²) in [5, 5.41) is 21.5. The maximum Gasteiger partial charge on any atom is 0.120 e. The van der Waals surface area contributed by atoms with Gasteiger partial charge >= 0.3 is 0 Å². The van der Waals surface area contributed by atoms with Crippen LogP contribution in [0.1, 0.15) is 12.5 Å². The Bertz CT molecular complexity index is 315. The summed E-state index contributed by atoms with van der Waals surface area (Å²) in [6.07, 6.45) is 0. The summed E-state index contributed by atoms with van der Waals surface area (Å²) in [5.74, 6) is 0.940. The first-order valence-electron chi connectivity index (χ1n) is 4.87. The Labute approximate surface area is 89.5 Å². The second-order valence-electron chi connectivity index (χ2n) is 3.46. The normalized spacial score (nSPS) is 12.5. The first-order chi connectivity index (χ1) is 7.17. The Kier molecular flexibility index (Phi) is 4.39. The van der Waals surface area contributed by atoms with E-state index in [-0.39, 0.29) is 18.4 Å². The molecule has 0 radical (unpaired) electrons. The van der Waals surface area contributed by atoms with Crippen LogP contribution in [0.15, 0.2) is 18.2 Å². The summed E-state index contributed by atoms with van der Waals surface area (Å²) in [6.45, 7) is 2.45. The number of methoxy groups -OCH3 is 1. The van der Waals surface area contributed by atoms with Crippen molar-refractivity contribution in [2.75, 3.05) is 13.7 Å². The van der Waals surface area contributed by atoms with Gasteiger partial charge < -0.3 is 20.3 Å². The lowest BCUT2D eigenvalue weighted by molar-refractivity contribution is 0.250. The van der Waals surface area contributed by atoms with E-state index >= 15 is 0 Å². The fourth-order valence-corrected chi connectivity index (χ4v) is 1.18. The van der Waals surface area contributed by atoms with Crippen LogP contribution in [-0.4, -0.2) is 30.0 Å². The summed E-state index contributed by atoms with van der Waals surface area (Å²) in [7, 11) is 1.58. The van der Waals surface area contributed by atoms with Gasteiger partial charge in [0.05, 0.1) is 13.7 Å². The van der Waals surface area contributed by atoms with E-state index in [0.29, 0.717) is 12.3 Å². The zero-order valence-corrected chi connectivity index (χ0v) is 9.03. The first-order valence-corrected chi connectivity index (χ1v) is 4.87. The number of rotatable bonds is 5. The maximum absolute atomic E-state index is 9.56. The average molecular weight is 211 g/mol. The average Bonchev–Trinajstić information content (AvgIpc) is 2.27. The quantitative estimate of drug-likeness (QED) is 0.676. The molecule has 0 aromatic heterocycles. The highest BCUT2D eigenvalue weighted by atomic mass is 16.5. The van der Waals surface area contributed by atoms with E-state index in [1.165, 1.54) is 0 Å². The van der Waals surface area contributed by atoms with Crippen LogP contribution in [0.25, 0.3) is 0 Å². The highest BCUT2D eigenvalue weighted by molar-refractivity contribution is 5.39. The van der Waals surface area contributed by atoms with Crippen LogP contribution >= 0.6 is 0 Å². The smallest absolute Gasteiger partial charge is 0.120 e. The molecule has 0 heterocycles. The lowest BCUT2D eigenvalue weighted by atomic mass is 10.2. The Morgan fingerprint density at radius 3 is 2.80 bits per heavy atom. The minimum absolute atomic E-state index is 0.00982. The second kappa shape index (κ2) is 5.58. The molecular formula is C11H17NO3. The van der Waals surface area contributed by atoms with Crippen molar-refractivity contribution in [3.63, 3.8) is 0 Å². The SMILES string of the molecule is COc1ccc(O)c(CN[C@@H](C)CO)c1. The molecule has 0 bridgehead atoms. The summed E-state index contributed by atoms with van der Waals surface area (Å²) in [4.78, 5) is 0. The van der Waals surface area contributed by atoms with Crippen LogP contribution in [0.3, 0.4) is 0 Å². The summed E-state index contributed by atoms with van der Waals surface area (Å²) in [6, 6.07) is 5.08. The van der Waals surface area contributed by atoms with E-state index in [9.17, 15) is 5.11 Å². The molecule has 0 amide bonds. The molecule has 1 rings (SSSR count). The fourth-order valence-electron chi connectivity index (χ4n) is 1.18. The van der Waals surface area contributed by atoms with E-state index in [1.54, 1.807) is 25.3 Å². The second-order valence-corrected chi connectivity index (χ2v) is 3.46. The van der Waals surface area contributed by atoms with Crippen LogP contribution in [0.2, 0.25) is 0 Å². The Morgan fingerprint density at radius 2 is 2.20 bits per heavy atom. The molecule has 84 valence electrons. The monoisotopic (exact) mass is 211 g/mol. The molecule has 0 spiro atoms. The van der Waals surface area contributed by atoms with Crippen molar-refractivity contribution in [3.8, 4) is 11.5 Å². The predicted molar refractivity (Wildman–Crippen MR) is 58.0 cm³/mol. The third-order valence-electron chi connectivity index (χ3n) is 2.20. The van der Waals surface area contributed by atoms with Crippen LogP contribution in [-0.2, 0) is 6.54 Å². The summed E-state index contributed by atoms with van der Waals surface area (Å²) < 4.78 is 5.05. The van der Waals surface area contributed by atoms with Gasteiger partial charge in [-0.3, -0.25) is 0 Å². The lowest BCUT2D eigenvalue weighted by Gasteiger charge is -2.12. The molecule has 4 heteroatoms. The van der Waals surface area contributed by atoms with Gasteiger partial charge in [-0.1, -0.05) is 0 Å². The third-order valence-corrected chi connectivity index (χ3v) is 2.20. The molecule has 0 saturated carbocycles. The standard InChI is InChI=1S/C11H17NO3/c1-8(7-13)12-6-9-5-10(15-2)3-4-11(9)14/h3-5,8,12-14H,6-7H2,1-2H3/t8-/m0/s1. The molecule has 4 nitrogen and oxygen atoms in total. The zero-order chi connectivity index (χ0) is 11.3. The van der Waals surface area contributed by atoms with Crippen molar-refractivity contribution in [1.82, 2.24) is 5.32 Å². The number of hydrogen-bond acceptors (Lipinski definition) is 4. The Balaban J connectivity index is 2.66. The minimum Gasteiger partial charge on any atom is -0.508 e. The van der Waals surface area contributed by atoms with Gasteiger partial charge in [0.2, 0.25) is 0 Å². The predicted octanol–water partition coefficient (Wildman–Crippen LogP) is 0.871. The molecule has 1 aromatic rings. The topological polar surface area (TPSA) is 61.7 Å². The number of aliphatic hydroxyl groups is 1. The zero-order valence-electron chi connectivity index (χ0n) is 9.03. The summed E-state index contributed by atoms with van der Waals surface area (Å²) in [5.41, 5.74) is 0.759. The Morgan fingerprint density at radius 1 is 1.47 bits per heavy atom. The van der Waals surface area contributed by atoms with E-state index < -0.39 is 0 Å². The maximum atomic E-state index is 9.56. The molecule has 1 atom stereocenters. The lowest BCUT2D eigenvalue weighted by Crippen LogP contribution is -2.28. The van der Waals surface area contributed by atoms with E-state index in [4.69, 9.17) is 9.84 Å². The summed E-state index contributed by atoms with van der Waals surface area (Å²) >= 11 is 0. The van der Waals surface area contributed by atoms with E-state index in [2.05, 4.69) is 5.32 Å². The number of phenolic OH excluding ortho intramolecular Hbond substituents is 1. The molecule has 3 N–H and O–H groups in total. The number of ether oxygens (including phenoxy) is 1. The third kappa shape index (κ3) is 3.42. The molecule has 0 aliphatic heterocycles. The van der Waals surface area contributed by atoms with Gasteiger partial charge in [-0.2, -0.15) is 0 Å². The van der Waals surface area contributed by atoms with Crippen LogP contribution < -0.4 is 10.1 Å². The molecule has 0 unspecified atom stereocenters. The first kappa shape index (κ1) is 11.8. The Hall–Kier alpha value is -1.26. The van der Waals surface area contributed by atoms with Gasteiger partial charge in [-0.15, -0.1) is 0 Å². The van der Waals surface area contributed by atoms with Crippen molar-refractivity contribution in [1.29, 1.82) is 0 Å². The van der Waals surface area contributed by atoms with Crippen LogP contribution in [0.5, 0.6) is 11.5 Å². The number of phenols is 1. The largest absolute Gasteiger partial charge is 0.508 e. The van der Waals surface area contributed by atoms with E-state index in [0.717, 1.165) is 5.56 Å². The van der Waals surface area contributed by atoms with Crippen molar-refractivity contribution in [2.24, 2.45) is 0 Å². The molecule has 0 saturated heterocycles. The fraction of sp³-hybridized carbons (Fsp3) is 0.455. The highest BCUT2D eigenvalue weighted by Crippen LogP contribution is 2.22. The van der Waals surface area contributed by atoms with E-state index in [1.807, 2.05) is 6.92 Å². The number of nitrogens with one attached hydrogen (secondary N) is 1. The van der Waals surface area contributed by atoms with Gasteiger partial charge in [0.1, 0.15) is 11.5 Å². The molecular weight excluding hydrogens is 194 g/mol.